The van der Waals surface area contributed by atoms with Gasteiger partial charge in [0.1, 0.15) is 0 Å². The molecule has 1 fully saturated rings. The first kappa shape index (κ1) is 16.3. The van der Waals surface area contributed by atoms with Crippen LogP contribution in [0.1, 0.15) is 41.9 Å². The molecule has 25 heavy (non-hydrogen) atoms. The molecule has 0 radical (unpaired) electrons. The van der Waals surface area contributed by atoms with E-state index in [1.165, 1.54) is 23.4 Å². The highest BCUT2D eigenvalue weighted by molar-refractivity contribution is 5.79. The van der Waals surface area contributed by atoms with Crippen LogP contribution in [0.25, 0.3) is 0 Å². The minimum atomic E-state index is 0.186. The van der Waals surface area contributed by atoms with Crippen molar-refractivity contribution in [2.75, 3.05) is 6.54 Å². The molecule has 7 nitrogen and oxygen atoms in total. The van der Waals surface area contributed by atoms with Crippen molar-refractivity contribution in [1.82, 2.24) is 29.8 Å². The lowest BCUT2D eigenvalue weighted by Gasteiger charge is -2.27. The largest absolute Gasteiger partial charge is 0.350 e. The van der Waals surface area contributed by atoms with Gasteiger partial charge < -0.3 is 5.32 Å². The van der Waals surface area contributed by atoms with E-state index in [0.29, 0.717) is 6.54 Å². The van der Waals surface area contributed by atoms with E-state index in [2.05, 4.69) is 38.1 Å². The van der Waals surface area contributed by atoms with Crippen LogP contribution in [-0.4, -0.2) is 36.9 Å². The van der Waals surface area contributed by atoms with Gasteiger partial charge in [-0.05, 0) is 25.8 Å². The van der Waals surface area contributed by atoms with Crippen molar-refractivity contribution in [2.24, 2.45) is 13.0 Å². The number of nitrogens with zero attached hydrogens (tertiary/aromatic N) is 5. The predicted molar refractivity (Wildman–Crippen MR) is 93.5 cm³/mol. The van der Waals surface area contributed by atoms with Crippen molar-refractivity contribution in [1.29, 1.82) is 0 Å². The molecule has 0 spiro atoms. The number of aromatic nitrogens is 4. The normalized spacial score (nSPS) is 18.0. The first-order chi connectivity index (χ1) is 12.1. The standard InChI is InChI=1S/C18H26N6O/c1-13-15(9-20-22(13)2)11-23-6-7-24-17(12-23)8-16(21-24)10-19-18(25)14-4-3-5-14/h8-9,14H,3-7,10-12H2,1-2H3,(H,19,25). The zero-order chi connectivity index (χ0) is 17.4. The number of amides is 1. The molecule has 0 unspecified atom stereocenters. The zero-order valence-electron chi connectivity index (χ0n) is 15.0. The Morgan fingerprint density at radius 2 is 2.20 bits per heavy atom. The summed E-state index contributed by atoms with van der Waals surface area (Å²) in [6.45, 7) is 6.33. The summed E-state index contributed by atoms with van der Waals surface area (Å²) in [7, 11) is 1.98. The van der Waals surface area contributed by atoms with Gasteiger partial charge in [-0.1, -0.05) is 6.42 Å². The topological polar surface area (TPSA) is 68.0 Å². The van der Waals surface area contributed by atoms with Crippen LogP contribution in [0.4, 0.5) is 0 Å². The predicted octanol–water partition coefficient (Wildman–Crippen LogP) is 1.36. The number of nitrogens with one attached hydrogen (secondary N) is 1. The fourth-order valence-electron chi connectivity index (χ4n) is 3.53. The van der Waals surface area contributed by atoms with Crippen LogP contribution < -0.4 is 5.32 Å². The smallest absolute Gasteiger partial charge is 0.223 e. The first-order valence-corrected chi connectivity index (χ1v) is 9.13. The van der Waals surface area contributed by atoms with Crippen molar-refractivity contribution in [3.8, 4) is 0 Å². The monoisotopic (exact) mass is 342 g/mol. The number of carbonyl (C=O) groups excluding carboxylic acids is 1. The van der Waals surface area contributed by atoms with E-state index < -0.39 is 0 Å². The summed E-state index contributed by atoms with van der Waals surface area (Å²) in [6, 6.07) is 2.13. The highest BCUT2D eigenvalue weighted by Crippen LogP contribution is 2.26. The maximum atomic E-state index is 12.0. The molecule has 7 heteroatoms. The van der Waals surface area contributed by atoms with Crippen LogP contribution in [0.3, 0.4) is 0 Å². The van der Waals surface area contributed by atoms with Crippen molar-refractivity contribution in [2.45, 2.75) is 52.4 Å². The summed E-state index contributed by atoms with van der Waals surface area (Å²) < 4.78 is 4.00. The van der Waals surface area contributed by atoms with Crippen LogP contribution in [0.2, 0.25) is 0 Å². The Labute approximate surface area is 148 Å². The molecule has 134 valence electrons. The molecule has 2 aliphatic rings. The highest BCUT2D eigenvalue weighted by atomic mass is 16.1. The molecule has 0 aromatic carbocycles. The van der Waals surface area contributed by atoms with Gasteiger partial charge in [-0.25, -0.2) is 0 Å². The van der Waals surface area contributed by atoms with E-state index >= 15 is 0 Å². The molecule has 3 heterocycles. The molecule has 1 amide bonds. The number of rotatable bonds is 5. The third-order valence-corrected chi connectivity index (χ3v) is 5.58. The average Bonchev–Trinajstić information content (AvgIpc) is 3.09. The van der Waals surface area contributed by atoms with Gasteiger partial charge >= 0.3 is 0 Å². The Hall–Kier alpha value is -2.15. The summed E-state index contributed by atoms with van der Waals surface area (Å²) in [4.78, 5) is 14.4. The van der Waals surface area contributed by atoms with E-state index in [-0.39, 0.29) is 11.8 Å². The van der Waals surface area contributed by atoms with Crippen LogP contribution in [0, 0.1) is 12.8 Å². The van der Waals surface area contributed by atoms with Crippen LogP contribution in [0.15, 0.2) is 12.3 Å². The third-order valence-electron chi connectivity index (χ3n) is 5.58. The van der Waals surface area contributed by atoms with E-state index in [1.54, 1.807) is 0 Å². The summed E-state index contributed by atoms with van der Waals surface area (Å²) in [5.74, 6) is 0.418. The Morgan fingerprint density at radius 3 is 2.88 bits per heavy atom. The second-order valence-corrected chi connectivity index (χ2v) is 7.29. The molecule has 2 aromatic heterocycles. The second-order valence-electron chi connectivity index (χ2n) is 7.29. The van der Waals surface area contributed by atoms with Crippen molar-refractivity contribution >= 4 is 5.91 Å². The minimum absolute atomic E-state index is 0.186. The summed E-state index contributed by atoms with van der Waals surface area (Å²) in [6.07, 6.45) is 5.22. The van der Waals surface area contributed by atoms with Crippen LogP contribution >= 0.6 is 0 Å². The molecule has 1 aliphatic carbocycles. The lowest BCUT2D eigenvalue weighted by molar-refractivity contribution is -0.127. The minimum Gasteiger partial charge on any atom is -0.350 e. The number of hydrogen-bond donors (Lipinski definition) is 1. The van der Waals surface area contributed by atoms with Crippen molar-refractivity contribution in [3.63, 3.8) is 0 Å². The van der Waals surface area contributed by atoms with Gasteiger partial charge in [-0.15, -0.1) is 0 Å². The summed E-state index contributed by atoms with van der Waals surface area (Å²) >= 11 is 0. The summed E-state index contributed by atoms with van der Waals surface area (Å²) in [5, 5.41) is 12.0. The number of carbonyl (C=O) groups is 1. The van der Waals surface area contributed by atoms with Gasteiger partial charge in [0.2, 0.25) is 5.91 Å². The molecule has 1 N–H and O–H groups in total. The highest BCUT2D eigenvalue weighted by Gasteiger charge is 2.25. The molecule has 2 aromatic rings. The van der Waals surface area contributed by atoms with Gasteiger partial charge in [0, 0.05) is 43.9 Å². The van der Waals surface area contributed by atoms with E-state index in [9.17, 15) is 4.79 Å². The second kappa shape index (κ2) is 6.63. The van der Waals surface area contributed by atoms with E-state index in [4.69, 9.17) is 0 Å². The van der Waals surface area contributed by atoms with E-state index in [1.807, 2.05) is 17.9 Å². The Bertz CT molecular complexity index is 773. The molecule has 0 bridgehead atoms. The Balaban J connectivity index is 1.35. The Morgan fingerprint density at radius 1 is 1.36 bits per heavy atom. The van der Waals surface area contributed by atoms with Crippen LogP contribution in [0.5, 0.6) is 0 Å². The molecular formula is C18H26N6O. The van der Waals surface area contributed by atoms with Crippen molar-refractivity contribution in [3.05, 3.63) is 34.9 Å². The third kappa shape index (κ3) is 3.33. The molecule has 1 aliphatic heterocycles. The number of hydrogen-bond acceptors (Lipinski definition) is 4. The molecule has 0 saturated heterocycles. The fourth-order valence-corrected chi connectivity index (χ4v) is 3.53. The average molecular weight is 342 g/mol. The Kier molecular flexibility index (Phi) is 4.33. The van der Waals surface area contributed by atoms with Gasteiger partial charge in [0.25, 0.3) is 0 Å². The lowest BCUT2D eigenvalue weighted by Crippen LogP contribution is -2.34. The maximum absolute atomic E-state index is 12.0. The molecule has 1 saturated carbocycles. The summed E-state index contributed by atoms with van der Waals surface area (Å²) in [5.41, 5.74) is 4.68. The quantitative estimate of drug-likeness (QED) is 0.891. The van der Waals surface area contributed by atoms with E-state index in [0.717, 1.165) is 44.7 Å². The first-order valence-electron chi connectivity index (χ1n) is 9.13. The van der Waals surface area contributed by atoms with Gasteiger partial charge in [-0.2, -0.15) is 10.2 Å². The molecular weight excluding hydrogens is 316 g/mol. The fraction of sp³-hybridized carbons (Fsp3) is 0.611. The maximum Gasteiger partial charge on any atom is 0.223 e. The van der Waals surface area contributed by atoms with Gasteiger partial charge in [0.15, 0.2) is 0 Å². The SMILES string of the molecule is Cc1c(CN2CCn3nc(CNC(=O)C4CCC4)cc3C2)cnn1C. The lowest BCUT2D eigenvalue weighted by atomic mass is 9.85. The number of fused-ring (bicyclic) bond motifs is 1. The van der Waals surface area contributed by atoms with Crippen LogP contribution in [-0.2, 0) is 38.0 Å². The van der Waals surface area contributed by atoms with Gasteiger partial charge in [-0.3, -0.25) is 19.1 Å². The number of aryl methyl sites for hydroxylation is 1. The van der Waals surface area contributed by atoms with Crippen molar-refractivity contribution < 1.29 is 4.79 Å². The molecule has 0 atom stereocenters. The molecule has 4 rings (SSSR count). The zero-order valence-corrected chi connectivity index (χ0v) is 15.0. The van der Waals surface area contributed by atoms with Gasteiger partial charge in [0.05, 0.1) is 30.7 Å².